The Morgan fingerprint density at radius 3 is 2.44 bits per heavy atom. The quantitative estimate of drug-likeness (QED) is 0.915. The average Bonchev–Trinajstić information content (AvgIpc) is 3.17. The molecular weight excluding hydrogens is 316 g/mol. The van der Waals surface area contributed by atoms with Crippen LogP contribution in [0.2, 0.25) is 0 Å². The zero-order chi connectivity index (χ0) is 17.1. The van der Waals surface area contributed by atoms with Gasteiger partial charge in [-0.3, -0.25) is 4.79 Å². The number of aromatic nitrogens is 1. The summed E-state index contributed by atoms with van der Waals surface area (Å²) in [5.74, 6) is -0.141. The molecule has 1 aromatic carbocycles. The first-order valence-corrected chi connectivity index (χ1v) is 9.29. The zero-order valence-electron chi connectivity index (χ0n) is 14.6. The summed E-state index contributed by atoms with van der Waals surface area (Å²) in [6, 6.07) is 8.31. The molecule has 2 saturated heterocycles. The lowest BCUT2D eigenvalue weighted by Gasteiger charge is -2.39. The van der Waals surface area contributed by atoms with Gasteiger partial charge in [0.05, 0.1) is 18.6 Å². The van der Waals surface area contributed by atoms with E-state index < -0.39 is 5.79 Å². The summed E-state index contributed by atoms with van der Waals surface area (Å²) in [5.41, 5.74) is 3.13. The second kappa shape index (κ2) is 5.32. The molecular formula is C20H24N2O3. The largest absolute Gasteiger partial charge is 0.358 e. The van der Waals surface area contributed by atoms with Crippen LogP contribution in [0.15, 0.2) is 24.3 Å². The maximum absolute atomic E-state index is 13.4. The van der Waals surface area contributed by atoms with Crippen molar-refractivity contribution >= 4 is 16.8 Å². The summed E-state index contributed by atoms with van der Waals surface area (Å²) in [4.78, 5) is 18.9. The molecule has 5 nitrogen and oxygen atoms in total. The van der Waals surface area contributed by atoms with Gasteiger partial charge in [-0.15, -0.1) is 0 Å². The van der Waals surface area contributed by atoms with E-state index >= 15 is 0 Å². The Morgan fingerprint density at radius 1 is 1.08 bits per heavy atom. The maximum atomic E-state index is 13.4. The van der Waals surface area contributed by atoms with E-state index in [1.807, 2.05) is 11.0 Å². The van der Waals surface area contributed by atoms with Gasteiger partial charge >= 0.3 is 0 Å². The summed E-state index contributed by atoms with van der Waals surface area (Å²) >= 11 is 0. The molecule has 1 aliphatic carbocycles. The number of H-pyrrole nitrogens is 1. The number of fused-ring (bicyclic) bond motifs is 1. The van der Waals surface area contributed by atoms with E-state index in [-0.39, 0.29) is 11.3 Å². The highest BCUT2D eigenvalue weighted by Gasteiger charge is 2.56. The van der Waals surface area contributed by atoms with Gasteiger partial charge in [0.2, 0.25) is 5.91 Å². The molecule has 0 radical (unpaired) electrons. The van der Waals surface area contributed by atoms with Crippen molar-refractivity contribution in [3.63, 3.8) is 0 Å². The number of carbonyl (C=O) groups is 1. The molecule has 3 heterocycles. The molecule has 1 N–H and O–H groups in total. The fourth-order valence-corrected chi connectivity index (χ4v) is 4.73. The number of rotatable bonds is 2. The number of hydrogen-bond donors (Lipinski definition) is 1. The number of likely N-dealkylation sites (tertiary alicyclic amines) is 1. The van der Waals surface area contributed by atoms with E-state index in [1.54, 1.807) is 0 Å². The third-order valence-corrected chi connectivity index (χ3v) is 6.16. The van der Waals surface area contributed by atoms with Crippen molar-refractivity contribution in [3.05, 3.63) is 35.5 Å². The minimum absolute atomic E-state index is 0.285. The Hall–Kier alpha value is -1.85. The lowest BCUT2D eigenvalue weighted by atomic mass is 9.90. The van der Waals surface area contributed by atoms with Crippen LogP contribution in [0, 0.1) is 6.92 Å². The topological polar surface area (TPSA) is 54.6 Å². The van der Waals surface area contributed by atoms with Gasteiger partial charge in [-0.2, -0.15) is 0 Å². The van der Waals surface area contributed by atoms with Crippen LogP contribution in [0.4, 0.5) is 0 Å². The first-order chi connectivity index (χ1) is 12.1. The molecule has 3 fully saturated rings. The smallest absolute Gasteiger partial charge is 0.233 e. The summed E-state index contributed by atoms with van der Waals surface area (Å²) in [6.07, 6.45) is 3.45. The zero-order valence-corrected chi connectivity index (χ0v) is 14.6. The van der Waals surface area contributed by atoms with Crippen LogP contribution in [0.5, 0.6) is 0 Å². The third kappa shape index (κ3) is 2.26. The standard InChI is InChI=1S/C20H24N2O3/c1-14-17(15-4-2-3-5-16(15)21-14)19(6-7-19)18(23)22-10-8-20(9-11-22)24-12-13-25-20/h2-5,21H,6-13H2,1H3. The minimum atomic E-state index is -0.426. The first kappa shape index (κ1) is 15.4. The molecule has 1 saturated carbocycles. The number of aromatic amines is 1. The summed E-state index contributed by atoms with van der Waals surface area (Å²) < 4.78 is 11.6. The Morgan fingerprint density at radius 2 is 1.76 bits per heavy atom. The highest BCUT2D eigenvalue weighted by molar-refractivity contribution is 5.98. The third-order valence-electron chi connectivity index (χ3n) is 6.16. The number of amides is 1. The number of nitrogens with zero attached hydrogens (tertiary/aromatic N) is 1. The van der Waals surface area contributed by atoms with Crippen molar-refractivity contribution < 1.29 is 14.3 Å². The number of piperidine rings is 1. The van der Waals surface area contributed by atoms with Crippen molar-refractivity contribution in [1.82, 2.24) is 9.88 Å². The first-order valence-electron chi connectivity index (χ1n) is 9.29. The predicted octanol–water partition coefficient (Wildman–Crippen LogP) is 2.87. The Balaban J connectivity index is 1.42. The Labute approximate surface area is 147 Å². The van der Waals surface area contributed by atoms with Gasteiger partial charge in [0.25, 0.3) is 0 Å². The normalized spacial score (nSPS) is 24.1. The molecule has 2 aromatic rings. The van der Waals surface area contributed by atoms with Crippen molar-refractivity contribution in [3.8, 4) is 0 Å². The fraction of sp³-hybridized carbons (Fsp3) is 0.550. The van der Waals surface area contributed by atoms with Crippen LogP contribution in [0.3, 0.4) is 0 Å². The summed E-state index contributed by atoms with van der Waals surface area (Å²) in [7, 11) is 0. The van der Waals surface area contributed by atoms with Crippen LogP contribution >= 0.6 is 0 Å². The molecule has 2 aliphatic heterocycles. The number of benzene rings is 1. The van der Waals surface area contributed by atoms with Crippen LogP contribution in [0.25, 0.3) is 10.9 Å². The van der Waals surface area contributed by atoms with Crippen LogP contribution in [-0.4, -0.2) is 47.9 Å². The van der Waals surface area contributed by atoms with Gasteiger partial charge in [0.15, 0.2) is 5.79 Å². The van der Waals surface area contributed by atoms with Crippen molar-refractivity contribution in [2.45, 2.75) is 43.8 Å². The minimum Gasteiger partial charge on any atom is -0.358 e. The molecule has 132 valence electrons. The highest BCUT2D eigenvalue weighted by atomic mass is 16.7. The van der Waals surface area contributed by atoms with Gasteiger partial charge in [-0.05, 0) is 31.4 Å². The monoisotopic (exact) mass is 340 g/mol. The summed E-state index contributed by atoms with van der Waals surface area (Å²) in [5, 5.41) is 1.20. The van der Waals surface area contributed by atoms with E-state index in [2.05, 4.69) is 30.1 Å². The molecule has 25 heavy (non-hydrogen) atoms. The number of aryl methyl sites for hydroxylation is 1. The molecule has 1 amide bonds. The van der Waals surface area contributed by atoms with Crippen LogP contribution in [-0.2, 0) is 19.7 Å². The van der Waals surface area contributed by atoms with Crippen molar-refractivity contribution in [2.75, 3.05) is 26.3 Å². The van der Waals surface area contributed by atoms with Crippen LogP contribution < -0.4 is 0 Å². The number of hydrogen-bond acceptors (Lipinski definition) is 3. The van der Waals surface area contributed by atoms with E-state index in [4.69, 9.17) is 9.47 Å². The number of para-hydroxylation sites is 1. The van der Waals surface area contributed by atoms with E-state index in [1.165, 1.54) is 10.9 Å². The second-order valence-corrected chi connectivity index (χ2v) is 7.65. The molecule has 5 heteroatoms. The Bertz CT molecular complexity index is 821. The number of nitrogens with one attached hydrogen (secondary N) is 1. The predicted molar refractivity (Wildman–Crippen MR) is 94.4 cm³/mol. The van der Waals surface area contributed by atoms with Gasteiger partial charge in [-0.25, -0.2) is 0 Å². The van der Waals surface area contributed by atoms with Gasteiger partial charge in [0, 0.05) is 42.5 Å². The second-order valence-electron chi connectivity index (χ2n) is 7.65. The molecule has 3 aliphatic rings. The maximum Gasteiger partial charge on any atom is 0.233 e. The molecule has 0 atom stereocenters. The fourth-order valence-electron chi connectivity index (χ4n) is 4.73. The van der Waals surface area contributed by atoms with Gasteiger partial charge < -0.3 is 19.4 Å². The van der Waals surface area contributed by atoms with Gasteiger partial charge in [0.1, 0.15) is 0 Å². The van der Waals surface area contributed by atoms with Crippen molar-refractivity contribution in [2.24, 2.45) is 0 Å². The highest BCUT2D eigenvalue weighted by Crippen LogP contribution is 2.53. The van der Waals surface area contributed by atoms with Crippen LogP contribution in [0.1, 0.15) is 36.9 Å². The molecule has 0 unspecified atom stereocenters. The van der Waals surface area contributed by atoms with E-state index in [0.717, 1.165) is 50.0 Å². The van der Waals surface area contributed by atoms with Gasteiger partial charge in [-0.1, -0.05) is 18.2 Å². The summed E-state index contributed by atoms with van der Waals surface area (Å²) in [6.45, 7) is 4.89. The average molecular weight is 340 g/mol. The van der Waals surface area contributed by atoms with E-state index in [9.17, 15) is 4.79 Å². The molecule has 1 aromatic heterocycles. The molecule has 1 spiro atoms. The SMILES string of the molecule is Cc1[nH]c2ccccc2c1C1(C(=O)N2CCC3(CC2)OCCO3)CC1. The molecule has 0 bridgehead atoms. The molecule has 5 rings (SSSR count). The number of carbonyl (C=O) groups excluding carboxylic acids is 1. The van der Waals surface area contributed by atoms with Crippen molar-refractivity contribution in [1.29, 1.82) is 0 Å². The Kier molecular flexibility index (Phi) is 3.28. The van der Waals surface area contributed by atoms with E-state index in [0.29, 0.717) is 13.2 Å². The lowest BCUT2D eigenvalue weighted by Crippen LogP contribution is -2.50. The number of ether oxygens (including phenoxy) is 2. The lowest BCUT2D eigenvalue weighted by molar-refractivity contribution is -0.188.